The van der Waals surface area contributed by atoms with E-state index in [0.717, 1.165) is 11.3 Å². The highest BCUT2D eigenvalue weighted by Gasteiger charge is 2.35. The van der Waals surface area contributed by atoms with Crippen LogP contribution in [0.4, 0.5) is 0 Å². The maximum absolute atomic E-state index is 12.5. The van der Waals surface area contributed by atoms with Crippen molar-refractivity contribution in [3.05, 3.63) is 21.9 Å². The summed E-state index contributed by atoms with van der Waals surface area (Å²) in [5.74, 6) is 5.20. The van der Waals surface area contributed by atoms with Gasteiger partial charge in [0, 0.05) is 18.3 Å². The van der Waals surface area contributed by atoms with Gasteiger partial charge < -0.3 is 14.7 Å². The van der Waals surface area contributed by atoms with Crippen molar-refractivity contribution in [2.45, 2.75) is 25.3 Å². The number of aliphatic hydroxyl groups is 1. The van der Waals surface area contributed by atoms with Crippen LogP contribution < -0.4 is 0 Å². The molecule has 0 bridgehead atoms. The summed E-state index contributed by atoms with van der Waals surface area (Å²) < 4.78 is 4.74. The smallest absolute Gasteiger partial charge is 0.328 e. The molecular weight excluding hydrogens is 290 g/mol. The Kier molecular flexibility index (Phi) is 5.37. The molecule has 5 nitrogen and oxygen atoms in total. The first-order valence-corrected chi connectivity index (χ1v) is 7.62. The second-order valence-corrected chi connectivity index (χ2v) is 5.57. The lowest BCUT2D eigenvalue weighted by Gasteiger charge is -2.22. The van der Waals surface area contributed by atoms with Gasteiger partial charge in [0.05, 0.1) is 24.2 Å². The van der Waals surface area contributed by atoms with E-state index in [0.29, 0.717) is 24.9 Å². The van der Waals surface area contributed by atoms with Crippen LogP contribution in [0.1, 0.15) is 34.5 Å². The van der Waals surface area contributed by atoms with E-state index in [9.17, 15) is 9.59 Å². The molecule has 6 heteroatoms. The molecule has 1 aromatic heterocycles. The Morgan fingerprint density at radius 3 is 3.10 bits per heavy atom. The normalized spacial score (nSPS) is 17.2. The monoisotopic (exact) mass is 307 g/mol. The fraction of sp³-hybridized carbons (Fsp3) is 0.467. The summed E-state index contributed by atoms with van der Waals surface area (Å²) in [6.07, 6.45) is 1.86. The van der Waals surface area contributed by atoms with Crippen LogP contribution in [-0.2, 0) is 9.53 Å². The Bertz CT molecular complexity index is 584. The lowest BCUT2D eigenvalue weighted by Crippen LogP contribution is -2.40. The van der Waals surface area contributed by atoms with Crippen molar-refractivity contribution in [3.63, 3.8) is 0 Å². The second-order valence-electron chi connectivity index (χ2n) is 4.65. The third kappa shape index (κ3) is 3.63. The number of hydrogen-bond acceptors (Lipinski definition) is 5. The molecule has 2 rings (SSSR count). The third-order valence-electron chi connectivity index (χ3n) is 3.28. The molecule has 1 atom stereocenters. The average Bonchev–Trinajstić information content (AvgIpc) is 3.15. The van der Waals surface area contributed by atoms with Crippen LogP contribution in [-0.4, -0.2) is 48.2 Å². The molecule has 1 saturated heterocycles. The minimum atomic E-state index is -0.480. The first-order chi connectivity index (χ1) is 10.2. The van der Waals surface area contributed by atoms with Gasteiger partial charge >= 0.3 is 5.97 Å². The summed E-state index contributed by atoms with van der Waals surface area (Å²) in [4.78, 5) is 26.5. The third-order valence-corrected chi connectivity index (χ3v) is 4.13. The van der Waals surface area contributed by atoms with E-state index in [1.807, 2.05) is 0 Å². The number of methoxy groups -OCH3 is 1. The van der Waals surface area contributed by atoms with Gasteiger partial charge in [-0.1, -0.05) is 11.8 Å². The number of carbonyl (C=O) groups is 2. The zero-order valence-corrected chi connectivity index (χ0v) is 12.6. The van der Waals surface area contributed by atoms with Crippen LogP contribution in [0.3, 0.4) is 0 Å². The quantitative estimate of drug-likeness (QED) is 0.674. The molecule has 0 saturated carbocycles. The SMILES string of the molecule is COC(=O)C1CCCN1C(=O)c1csc(C#CCCO)c1. The van der Waals surface area contributed by atoms with Gasteiger partial charge in [-0.2, -0.15) is 0 Å². The van der Waals surface area contributed by atoms with Crippen LogP contribution >= 0.6 is 11.3 Å². The minimum Gasteiger partial charge on any atom is -0.467 e. The van der Waals surface area contributed by atoms with Gasteiger partial charge in [0.25, 0.3) is 5.91 Å². The number of nitrogens with zero attached hydrogens (tertiary/aromatic N) is 1. The molecule has 1 aromatic rings. The second kappa shape index (κ2) is 7.25. The molecule has 0 radical (unpaired) electrons. The minimum absolute atomic E-state index is 0.0265. The molecular formula is C15H17NO4S. The first-order valence-electron chi connectivity index (χ1n) is 6.74. The van der Waals surface area contributed by atoms with Crippen molar-refractivity contribution in [1.82, 2.24) is 4.90 Å². The topological polar surface area (TPSA) is 66.8 Å². The van der Waals surface area contributed by atoms with Crippen LogP contribution in [0.2, 0.25) is 0 Å². The molecule has 1 aliphatic heterocycles. The maximum atomic E-state index is 12.5. The van der Waals surface area contributed by atoms with Crippen molar-refractivity contribution in [1.29, 1.82) is 0 Å². The van der Waals surface area contributed by atoms with Crippen LogP contribution in [0.5, 0.6) is 0 Å². The van der Waals surface area contributed by atoms with Gasteiger partial charge in [0.15, 0.2) is 0 Å². The van der Waals surface area contributed by atoms with Crippen molar-refractivity contribution in [2.75, 3.05) is 20.3 Å². The van der Waals surface area contributed by atoms with Crippen molar-refractivity contribution < 1.29 is 19.4 Å². The molecule has 1 aliphatic rings. The van der Waals surface area contributed by atoms with Gasteiger partial charge in [-0.3, -0.25) is 4.79 Å². The predicted molar refractivity (Wildman–Crippen MR) is 79.0 cm³/mol. The number of amides is 1. The Balaban J connectivity index is 2.10. The number of aliphatic hydroxyl groups excluding tert-OH is 1. The Labute approximate surface area is 127 Å². The Hall–Kier alpha value is -1.84. The van der Waals surface area contributed by atoms with Gasteiger partial charge in [-0.15, -0.1) is 11.3 Å². The van der Waals surface area contributed by atoms with Crippen LogP contribution in [0.15, 0.2) is 11.4 Å². The summed E-state index contributed by atoms with van der Waals surface area (Å²) in [6.45, 7) is 0.596. The van der Waals surface area contributed by atoms with E-state index in [1.54, 1.807) is 16.3 Å². The van der Waals surface area contributed by atoms with E-state index >= 15 is 0 Å². The molecule has 1 N–H and O–H groups in total. The summed E-state index contributed by atoms with van der Waals surface area (Å²) in [5, 5.41) is 10.4. The number of likely N-dealkylation sites (tertiary alicyclic amines) is 1. The lowest BCUT2D eigenvalue weighted by atomic mass is 10.2. The van der Waals surface area contributed by atoms with Crippen LogP contribution in [0, 0.1) is 11.8 Å². The van der Waals surface area contributed by atoms with Gasteiger partial charge in [-0.05, 0) is 18.9 Å². The molecule has 112 valence electrons. The van der Waals surface area contributed by atoms with Crippen LogP contribution in [0.25, 0.3) is 0 Å². The largest absolute Gasteiger partial charge is 0.467 e. The number of carbonyl (C=O) groups excluding carboxylic acids is 2. The predicted octanol–water partition coefficient (Wildman–Crippen LogP) is 1.26. The number of thiophene rings is 1. The highest BCUT2D eigenvalue weighted by Crippen LogP contribution is 2.23. The zero-order chi connectivity index (χ0) is 15.2. The maximum Gasteiger partial charge on any atom is 0.328 e. The lowest BCUT2D eigenvalue weighted by molar-refractivity contribution is -0.145. The van der Waals surface area contributed by atoms with Gasteiger partial charge in [0.1, 0.15) is 6.04 Å². The summed E-state index contributed by atoms with van der Waals surface area (Å²) in [7, 11) is 1.34. The van der Waals surface area contributed by atoms with E-state index in [2.05, 4.69) is 11.8 Å². The fourth-order valence-corrected chi connectivity index (χ4v) is 3.03. The van der Waals surface area contributed by atoms with Gasteiger partial charge in [-0.25, -0.2) is 4.79 Å². The summed E-state index contributed by atoms with van der Waals surface area (Å²) >= 11 is 1.38. The molecule has 0 aromatic carbocycles. The van der Waals surface area contributed by atoms with E-state index in [-0.39, 0.29) is 18.5 Å². The molecule has 0 spiro atoms. The zero-order valence-electron chi connectivity index (χ0n) is 11.8. The number of esters is 1. The standard InChI is InChI=1S/C15H17NO4S/c1-20-15(19)13-6-4-7-16(13)14(18)11-9-12(21-10-11)5-2-3-8-17/h9-10,13,17H,3-4,6-8H2,1H3. The Morgan fingerprint density at radius 2 is 2.38 bits per heavy atom. The molecule has 1 fully saturated rings. The number of rotatable bonds is 3. The number of hydrogen-bond donors (Lipinski definition) is 1. The van der Waals surface area contributed by atoms with E-state index in [4.69, 9.17) is 9.84 Å². The molecule has 2 heterocycles. The molecule has 0 aliphatic carbocycles. The van der Waals surface area contributed by atoms with Crippen molar-refractivity contribution in [2.24, 2.45) is 0 Å². The summed E-state index contributed by atoms with van der Waals surface area (Å²) in [5.41, 5.74) is 0.545. The fourth-order valence-electron chi connectivity index (χ4n) is 2.28. The first kappa shape index (κ1) is 15.5. The number of ether oxygens (including phenoxy) is 1. The van der Waals surface area contributed by atoms with E-state index in [1.165, 1.54) is 18.4 Å². The van der Waals surface area contributed by atoms with Crippen molar-refractivity contribution >= 4 is 23.2 Å². The van der Waals surface area contributed by atoms with Gasteiger partial charge in [0.2, 0.25) is 0 Å². The highest BCUT2D eigenvalue weighted by atomic mass is 32.1. The Morgan fingerprint density at radius 1 is 1.57 bits per heavy atom. The van der Waals surface area contributed by atoms with E-state index < -0.39 is 6.04 Å². The average molecular weight is 307 g/mol. The molecule has 21 heavy (non-hydrogen) atoms. The highest BCUT2D eigenvalue weighted by molar-refractivity contribution is 7.10. The molecule has 1 unspecified atom stereocenters. The molecule has 1 amide bonds. The van der Waals surface area contributed by atoms with Crippen molar-refractivity contribution in [3.8, 4) is 11.8 Å². The summed E-state index contributed by atoms with van der Waals surface area (Å²) in [6, 6.07) is 1.25.